The van der Waals surface area contributed by atoms with E-state index in [-0.39, 0.29) is 0 Å². The van der Waals surface area contributed by atoms with Crippen LogP contribution in [0.1, 0.15) is 42.9 Å². The fraction of sp³-hybridized carbons (Fsp3) is 0.667. The summed E-state index contributed by atoms with van der Waals surface area (Å²) in [6.07, 6.45) is 5.46. The zero-order valence-electron chi connectivity index (χ0n) is 12.8. The molecule has 21 heavy (non-hydrogen) atoms. The van der Waals surface area contributed by atoms with Crippen molar-refractivity contribution in [3.05, 3.63) is 35.4 Å². The van der Waals surface area contributed by atoms with Crippen LogP contribution in [0.3, 0.4) is 0 Å². The standard InChI is InChI=1S/C18H26N2O/c1-2-7-16-15(5-1)12-21-13-18(16)20-10-4-6-14(11-20)17-8-3-9-19-17/h1-2,5,7,14,17-19H,3-4,6,8-13H2. The predicted octanol–water partition coefficient (Wildman–Crippen LogP) is 2.72. The van der Waals surface area contributed by atoms with E-state index in [1.165, 1.54) is 56.4 Å². The van der Waals surface area contributed by atoms with Crippen molar-refractivity contribution in [2.75, 3.05) is 26.2 Å². The van der Waals surface area contributed by atoms with Gasteiger partial charge in [0.15, 0.2) is 0 Å². The van der Waals surface area contributed by atoms with Crippen molar-refractivity contribution >= 4 is 0 Å². The molecule has 1 aromatic carbocycles. The first-order valence-electron chi connectivity index (χ1n) is 8.55. The number of hydrogen-bond donors (Lipinski definition) is 1. The molecule has 3 aliphatic rings. The number of benzene rings is 1. The molecular weight excluding hydrogens is 260 g/mol. The Labute approximate surface area is 127 Å². The number of nitrogens with one attached hydrogen (secondary N) is 1. The summed E-state index contributed by atoms with van der Waals surface area (Å²) in [6, 6.07) is 10.1. The van der Waals surface area contributed by atoms with Crippen molar-refractivity contribution in [2.45, 2.75) is 44.4 Å². The van der Waals surface area contributed by atoms with Crippen LogP contribution in [-0.2, 0) is 11.3 Å². The van der Waals surface area contributed by atoms with Gasteiger partial charge in [-0.2, -0.15) is 0 Å². The summed E-state index contributed by atoms with van der Waals surface area (Å²) in [5.74, 6) is 0.829. The second-order valence-corrected chi connectivity index (χ2v) is 6.83. The van der Waals surface area contributed by atoms with Crippen LogP contribution >= 0.6 is 0 Å². The van der Waals surface area contributed by atoms with E-state index in [1.807, 2.05) is 0 Å². The van der Waals surface area contributed by atoms with Crippen LogP contribution in [0.4, 0.5) is 0 Å². The number of hydrogen-bond acceptors (Lipinski definition) is 3. The third kappa shape index (κ3) is 2.75. The lowest BCUT2D eigenvalue weighted by Crippen LogP contribution is -2.46. The van der Waals surface area contributed by atoms with Crippen LogP contribution in [0.15, 0.2) is 24.3 Å². The SMILES string of the molecule is c1ccc2c(c1)COCC2N1CCCC(C2CCCN2)C1. The molecule has 0 bridgehead atoms. The monoisotopic (exact) mass is 286 g/mol. The number of fused-ring (bicyclic) bond motifs is 1. The molecule has 3 nitrogen and oxygen atoms in total. The summed E-state index contributed by atoms with van der Waals surface area (Å²) in [5, 5.41) is 3.71. The van der Waals surface area contributed by atoms with Gasteiger partial charge in [0.1, 0.15) is 0 Å². The zero-order chi connectivity index (χ0) is 14.1. The van der Waals surface area contributed by atoms with Crippen molar-refractivity contribution in [3.8, 4) is 0 Å². The highest BCUT2D eigenvalue weighted by Crippen LogP contribution is 2.34. The average Bonchev–Trinajstić information content (AvgIpc) is 3.09. The summed E-state index contributed by atoms with van der Waals surface area (Å²) < 4.78 is 5.87. The molecule has 2 saturated heterocycles. The van der Waals surface area contributed by atoms with E-state index in [2.05, 4.69) is 34.5 Å². The lowest BCUT2D eigenvalue weighted by atomic mass is 9.87. The number of nitrogens with zero attached hydrogens (tertiary/aromatic N) is 1. The highest BCUT2D eigenvalue weighted by Gasteiger charge is 2.34. The Hall–Kier alpha value is -0.900. The first-order chi connectivity index (χ1) is 10.4. The van der Waals surface area contributed by atoms with Gasteiger partial charge >= 0.3 is 0 Å². The average molecular weight is 286 g/mol. The minimum absolute atomic E-state index is 0.471. The Kier molecular flexibility index (Phi) is 3.97. The quantitative estimate of drug-likeness (QED) is 0.905. The molecule has 0 aliphatic carbocycles. The summed E-state index contributed by atoms with van der Waals surface area (Å²) in [5.41, 5.74) is 2.89. The van der Waals surface area contributed by atoms with Crippen molar-refractivity contribution < 1.29 is 4.74 Å². The molecular formula is C18H26N2O. The largest absolute Gasteiger partial charge is 0.375 e. The third-order valence-corrected chi connectivity index (χ3v) is 5.54. The van der Waals surface area contributed by atoms with E-state index in [0.717, 1.165) is 25.2 Å². The molecule has 4 rings (SSSR count). The normalized spacial score (nSPS) is 33.8. The van der Waals surface area contributed by atoms with Gasteiger partial charge in [0, 0.05) is 12.6 Å². The Morgan fingerprint density at radius 1 is 1.14 bits per heavy atom. The van der Waals surface area contributed by atoms with E-state index in [4.69, 9.17) is 4.74 Å². The Morgan fingerprint density at radius 3 is 3.00 bits per heavy atom. The molecule has 3 atom stereocenters. The molecule has 3 heteroatoms. The number of likely N-dealkylation sites (tertiary alicyclic amines) is 1. The molecule has 3 unspecified atom stereocenters. The highest BCUT2D eigenvalue weighted by atomic mass is 16.5. The van der Waals surface area contributed by atoms with Crippen LogP contribution in [-0.4, -0.2) is 37.2 Å². The molecule has 1 aromatic rings. The molecule has 2 fully saturated rings. The summed E-state index contributed by atoms with van der Waals surface area (Å²) in [4.78, 5) is 2.69. The van der Waals surface area contributed by atoms with Gasteiger partial charge in [-0.05, 0) is 55.8 Å². The van der Waals surface area contributed by atoms with Crippen LogP contribution in [0, 0.1) is 5.92 Å². The van der Waals surface area contributed by atoms with Crippen LogP contribution in [0.5, 0.6) is 0 Å². The van der Waals surface area contributed by atoms with Gasteiger partial charge in [0.2, 0.25) is 0 Å². The molecule has 114 valence electrons. The lowest BCUT2D eigenvalue weighted by molar-refractivity contribution is 0.0112. The molecule has 0 radical (unpaired) electrons. The number of rotatable bonds is 2. The number of ether oxygens (including phenoxy) is 1. The molecule has 0 aromatic heterocycles. The molecule has 3 heterocycles. The Bertz CT molecular complexity index is 484. The fourth-order valence-corrected chi connectivity index (χ4v) is 4.43. The van der Waals surface area contributed by atoms with E-state index < -0.39 is 0 Å². The van der Waals surface area contributed by atoms with Gasteiger partial charge in [-0.1, -0.05) is 24.3 Å². The minimum atomic E-state index is 0.471. The topological polar surface area (TPSA) is 24.5 Å². The molecule has 3 aliphatic heterocycles. The predicted molar refractivity (Wildman–Crippen MR) is 84.2 cm³/mol. The van der Waals surface area contributed by atoms with Crippen molar-refractivity contribution in [1.82, 2.24) is 10.2 Å². The maximum atomic E-state index is 5.87. The maximum absolute atomic E-state index is 5.87. The second kappa shape index (κ2) is 6.07. The first-order valence-corrected chi connectivity index (χ1v) is 8.55. The highest BCUT2D eigenvalue weighted by molar-refractivity contribution is 5.31. The van der Waals surface area contributed by atoms with E-state index in [0.29, 0.717) is 6.04 Å². The van der Waals surface area contributed by atoms with Gasteiger partial charge in [-0.3, -0.25) is 4.90 Å². The first kappa shape index (κ1) is 13.7. The lowest BCUT2D eigenvalue weighted by Gasteiger charge is -2.42. The van der Waals surface area contributed by atoms with Crippen LogP contribution < -0.4 is 5.32 Å². The Balaban J connectivity index is 1.51. The van der Waals surface area contributed by atoms with Crippen LogP contribution in [0.25, 0.3) is 0 Å². The van der Waals surface area contributed by atoms with Crippen molar-refractivity contribution in [2.24, 2.45) is 5.92 Å². The van der Waals surface area contributed by atoms with E-state index >= 15 is 0 Å². The van der Waals surface area contributed by atoms with Gasteiger partial charge in [-0.15, -0.1) is 0 Å². The Morgan fingerprint density at radius 2 is 2.10 bits per heavy atom. The van der Waals surface area contributed by atoms with Gasteiger partial charge in [-0.25, -0.2) is 0 Å². The fourth-order valence-electron chi connectivity index (χ4n) is 4.43. The summed E-state index contributed by atoms with van der Waals surface area (Å²) in [7, 11) is 0. The summed E-state index contributed by atoms with van der Waals surface area (Å²) in [6.45, 7) is 5.33. The van der Waals surface area contributed by atoms with Gasteiger partial charge in [0.05, 0.1) is 19.3 Å². The van der Waals surface area contributed by atoms with E-state index in [9.17, 15) is 0 Å². The van der Waals surface area contributed by atoms with Crippen molar-refractivity contribution in [1.29, 1.82) is 0 Å². The number of piperidine rings is 1. The van der Waals surface area contributed by atoms with E-state index in [1.54, 1.807) is 0 Å². The molecule has 0 spiro atoms. The van der Waals surface area contributed by atoms with Crippen LogP contribution in [0.2, 0.25) is 0 Å². The zero-order valence-corrected chi connectivity index (χ0v) is 12.8. The molecule has 1 N–H and O–H groups in total. The molecule has 0 amide bonds. The van der Waals surface area contributed by atoms with Crippen molar-refractivity contribution in [3.63, 3.8) is 0 Å². The smallest absolute Gasteiger partial charge is 0.0721 e. The minimum Gasteiger partial charge on any atom is -0.375 e. The van der Waals surface area contributed by atoms with Gasteiger partial charge < -0.3 is 10.1 Å². The van der Waals surface area contributed by atoms with Gasteiger partial charge in [0.25, 0.3) is 0 Å². The second-order valence-electron chi connectivity index (χ2n) is 6.83. The molecule has 0 saturated carbocycles. The summed E-state index contributed by atoms with van der Waals surface area (Å²) >= 11 is 0. The maximum Gasteiger partial charge on any atom is 0.0721 e. The third-order valence-electron chi connectivity index (χ3n) is 5.54.